The van der Waals surface area contributed by atoms with Gasteiger partial charge in [-0.2, -0.15) is 8.78 Å². The van der Waals surface area contributed by atoms with Gasteiger partial charge in [0.25, 0.3) is 0 Å². The van der Waals surface area contributed by atoms with Crippen LogP contribution in [0.25, 0.3) is 5.57 Å². The van der Waals surface area contributed by atoms with Gasteiger partial charge in [0.2, 0.25) is 5.91 Å². The van der Waals surface area contributed by atoms with Gasteiger partial charge in [-0.25, -0.2) is 8.78 Å². The van der Waals surface area contributed by atoms with Gasteiger partial charge in [-0.05, 0) is 38.0 Å². The first-order valence-corrected chi connectivity index (χ1v) is 14.5. The van der Waals surface area contributed by atoms with Crippen LogP contribution in [0.15, 0.2) is 48.1 Å². The summed E-state index contributed by atoms with van der Waals surface area (Å²) in [6.45, 7) is -0.732. The minimum Gasteiger partial charge on any atom is -0.484 e. The van der Waals surface area contributed by atoms with Crippen molar-refractivity contribution in [1.82, 2.24) is 5.32 Å². The molecule has 42 heavy (non-hydrogen) atoms. The van der Waals surface area contributed by atoms with E-state index >= 15 is 8.78 Å². The van der Waals surface area contributed by atoms with Crippen LogP contribution in [0.4, 0.5) is 17.6 Å². The molecule has 0 radical (unpaired) electrons. The Morgan fingerprint density at radius 2 is 2.02 bits per heavy atom. The predicted octanol–water partition coefficient (Wildman–Crippen LogP) is 5.57. The molecule has 1 aromatic carbocycles. The number of aliphatic hydroxyl groups excluding tert-OH is 1. The molecule has 1 saturated carbocycles. The second-order valence-corrected chi connectivity index (χ2v) is 12.2. The molecule has 6 nitrogen and oxygen atoms in total. The van der Waals surface area contributed by atoms with Gasteiger partial charge in [-0.15, -0.1) is 0 Å². The van der Waals surface area contributed by atoms with E-state index in [2.05, 4.69) is 10.1 Å². The topological polar surface area (TPSA) is 93.8 Å². The molecule has 1 fully saturated rings. The first-order chi connectivity index (χ1) is 20.0. The van der Waals surface area contributed by atoms with Crippen LogP contribution in [-0.2, 0) is 16.0 Å². The number of halogens is 5. The Balaban J connectivity index is 1.57. The van der Waals surface area contributed by atoms with Gasteiger partial charge in [0.15, 0.2) is 6.17 Å². The van der Waals surface area contributed by atoms with Crippen LogP contribution in [0.5, 0.6) is 5.75 Å². The number of fused-ring (bicyclic) bond motifs is 1. The summed E-state index contributed by atoms with van der Waals surface area (Å²) in [4.78, 5) is 12.4. The summed E-state index contributed by atoms with van der Waals surface area (Å²) in [6.07, 6.45) is 10.3. The summed E-state index contributed by atoms with van der Waals surface area (Å²) in [5.41, 5.74) is 3.52. The lowest BCUT2D eigenvalue weighted by atomic mass is 9.66. The molecule has 1 aliphatic heterocycles. The molecule has 0 saturated heterocycles. The van der Waals surface area contributed by atoms with Crippen molar-refractivity contribution in [2.45, 2.75) is 76.0 Å². The van der Waals surface area contributed by atoms with E-state index in [4.69, 9.17) is 22.1 Å². The van der Waals surface area contributed by atoms with Crippen LogP contribution in [0.3, 0.4) is 0 Å². The van der Waals surface area contributed by atoms with Gasteiger partial charge in [0.05, 0.1) is 5.02 Å². The number of nitrogens with two attached hydrogens (primary N) is 1. The van der Waals surface area contributed by atoms with E-state index in [1.165, 1.54) is 0 Å². The zero-order valence-corrected chi connectivity index (χ0v) is 24.0. The predicted molar refractivity (Wildman–Crippen MR) is 151 cm³/mol. The molecule has 1 amide bonds. The van der Waals surface area contributed by atoms with E-state index in [0.29, 0.717) is 18.5 Å². The van der Waals surface area contributed by atoms with E-state index in [1.54, 1.807) is 0 Å². The molecular weight excluding hydrogens is 576 g/mol. The molecule has 0 aromatic heterocycles. The molecule has 0 bridgehead atoms. The Kier molecular flexibility index (Phi) is 8.90. The minimum absolute atomic E-state index is 0.131. The zero-order chi connectivity index (χ0) is 30.2. The Hall–Kier alpha value is -2.66. The number of hydrogen-bond acceptors (Lipinski definition) is 5. The number of hydrogen-bond donors (Lipinski definition) is 3. The molecule has 3 unspecified atom stereocenters. The highest BCUT2D eigenvalue weighted by atomic mass is 35.5. The smallest absolute Gasteiger partial charge is 0.345 e. The molecule has 11 heteroatoms. The van der Waals surface area contributed by atoms with Gasteiger partial charge in [0, 0.05) is 59.4 Å². The fourth-order valence-corrected chi connectivity index (χ4v) is 6.94. The van der Waals surface area contributed by atoms with Crippen LogP contribution in [0.1, 0.15) is 50.2 Å². The first-order valence-electron chi connectivity index (χ1n) is 14.2. The van der Waals surface area contributed by atoms with Gasteiger partial charge >= 0.3 is 6.61 Å². The highest BCUT2D eigenvalue weighted by molar-refractivity contribution is 6.33. The quantitative estimate of drug-likeness (QED) is 0.318. The number of ether oxygens (including phenoxy) is 2. The highest BCUT2D eigenvalue weighted by Gasteiger charge is 2.54. The summed E-state index contributed by atoms with van der Waals surface area (Å²) in [5, 5.41) is 12.7. The number of primary amides is 1. The van der Waals surface area contributed by atoms with Crippen molar-refractivity contribution in [3.05, 3.63) is 70.1 Å². The van der Waals surface area contributed by atoms with Crippen molar-refractivity contribution in [2.24, 2.45) is 17.1 Å². The number of amides is 1. The molecule has 4 N–H and O–H groups in total. The maximum atomic E-state index is 16.0. The molecule has 228 valence electrons. The van der Waals surface area contributed by atoms with Gasteiger partial charge in [0.1, 0.15) is 23.3 Å². The number of alkyl halides is 3. The number of aliphatic hydroxyl groups is 1. The standard InChI is InChI=1S/C31H35ClF4N2O4/c1-30(11-3-2-4-12-30)31(16-38-18-7-5-17(15-39)6-8-18)14-20-23(42-31)13-21(33)26(32)24(20)25-19(28(37)40)9-10-22(27(25)34)41-29(35)36/h2-4,9-11,13,17-18,22,27,29,38-39H,5-8,12,14-16H2,1H3,(H2,37,40)/t17?,18?,22?,27?,30?,31-/m1/s1. The molecule has 1 aromatic rings. The molecule has 4 aliphatic rings. The van der Waals surface area contributed by atoms with Crippen LogP contribution in [-0.4, -0.2) is 54.7 Å². The summed E-state index contributed by atoms with van der Waals surface area (Å²) in [6, 6.07) is 1.32. The van der Waals surface area contributed by atoms with E-state index in [-0.39, 0.29) is 41.9 Å². The Bertz CT molecular complexity index is 1340. The normalized spacial score (nSPS) is 32.4. The van der Waals surface area contributed by atoms with Gasteiger partial charge in [-0.3, -0.25) is 4.79 Å². The van der Waals surface area contributed by atoms with Crippen LogP contribution in [0, 0.1) is 17.2 Å². The third-order valence-corrected chi connectivity index (χ3v) is 9.60. The van der Waals surface area contributed by atoms with Crippen LogP contribution >= 0.6 is 11.6 Å². The lowest BCUT2D eigenvalue weighted by Gasteiger charge is -2.45. The maximum Gasteiger partial charge on any atom is 0.345 e. The summed E-state index contributed by atoms with van der Waals surface area (Å²) in [7, 11) is 0. The Morgan fingerprint density at radius 1 is 1.29 bits per heavy atom. The van der Waals surface area contributed by atoms with E-state index in [1.807, 2.05) is 31.2 Å². The fraction of sp³-hybridized carbons (Fsp3) is 0.516. The Morgan fingerprint density at radius 3 is 2.64 bits per heavy atom. The molecule has 3 aliphatic carbocycles. The largest absolute Gasteiger partial charge is 0.484 e. The zero-order valence-electron chi connectivity index (χ0n) is 23.2. The maximum absolute atomic E-state index is 16.0. The first kappa shape index (κ1) is 30.8. The minimum atomic E-state index is -3.29. The number of benzene rings is 1. The van der Waals surface area contributed by atoms with Crippen molar-refractivity contribution in [3.63, 3.8) is 0 Å². The van der Waals surface area contributed by atoms with Crippen molar-refractivity contribution >= 4 is 23.1 Å². The number of allylic oxidation sites excluding steroid dienone is 3. The van der Waals surface area contributed by atoms with Crippen molar-refractivity contribution in [1.29, 1.82) is 0 Å². The van der Waals surface area contributed by atoms with Crippen molar-refractivity contribution < 1.29 is 36.9 Å². The molecule has 5 rings (SSSR count). The number of carbonyl (C=O) groups is 1. The SMILES string of the molecule is CC1([C@]2(CNC3CCC(CO)CC3)Cc3c(cc(F)c(Cl)c3C3=C(C(N)=O)C=CC(OC(F)F)C3F)O2)C=CC=CC1. The molecule has 1 heterocycles. The molecular formula is C31H35ClF4N2O4. The lowest BCUT2D eigenvalue weighted by molar-refractivity contribution is -0.159. The number of carbonyl (C=O) groups excluding carboxylic acids is 1. The van der Waals surface area contributed by atoms with Crippen molar-refractivity contribution in [3.8, 4) is 5.75 Å². The third-order valence-electron chi connectivity index (χ3n) is 9.23. The molecule has 4 atom stereocenters. The highest BCUT2D eigenvalue weighted by Crippen LogP contribution is 2.53. The molecule has 0 spiro atoms. The monoisotopic (exact) mass is 610 g/mol. The summed E-state index contributed by atoms with van der Waals surface area (Å²) in [5.74, 6) is -1.52. The summed E-state index contributed by atoms with van der Waals surface area (Å²) < 4.78 is 68.7. The average Bonchev–Trinajstić information content (AvgIpc) is 3.34. The average molecular weight is 611 g/mol. The summed E-state index contributed by atoms with van der Waals surface area (Å²) >= 11 is 6.48. The lowest BCUT2D eigenvalue weighted by Crippen LogP contribution is -2.57. The van der Waals surface area contributed by atoms with E-state index in [9.17, 15) is 18.7 Å². The fourth-order valence-electron chi connectivity index (χ4n) is 6.67. The van der Waals surface area contributed by atoms with Gasteiger partial charge < -0.3 is 25.6 Å². The van der Waals surface area contributed by atoms with Crippen LogP contribution < -0.4 is 15.8 Å². The van der Waals surface area contributed by atoms with Crippen LogP contribution in [0.2, 0.25) is 5.02 Å². The Labute approximate surface area is 247 Å². The number of nitrogens with one attached hydrogen (secondary N) is 1. The van der Waals surface area contributed by atoms with Crippen molar-refractivity contribution in [2.75, 3.05) is 13.2 Å². The third kappa shape index (κ3) is 5.66. The van der Waals surface area contributed by atoms with E-state index < -0.39 is 52.2 Å². The second-order valence-electron chi connectivity index (χ2n) is 11.8. The second kappa shape index (κ2) is 12.1. The van der Waals surface area contributed by atoms with Gasteiger partial charge in [-0.1, -0.05) is 55.0 Å². The number of rotatable bonds is 9. The van der Waals surface area contributed by atoms with E-state index in [0.717, 1.165) is 43.9 Å².